The fourth-order valence-corrected chi connectivity index (χ4v) is 3.36. The fourth-order valence-electron chi connectivity index (χ4n) is 2.84. The van der Waals surface area contributed by atoms with Crippen molar-refractivity contribution in [1.29, 1.82) is 0 Å². The maximum Gasteiger partial charge on any atom is 0.256 e. The van der Waals surface area contributed by atoms with E-state index in [4.69, 9.17) is 11.6 Å². The maximum atomic E-state index is 12.3. The molecule has 1 aliphatic rings. The van der Waals surface area contributed by atoms with Gasteiger partial charge in [-0.2, -0.15) is 0 Å². The minimum atomic E-state index is -0.140. The number of fused-ring (bicyclic) bond motifs is 1. The van der Waals surface area contributed by atoms with Crippen LogP contribution in [0.3, 0.4) is 0 Å². The molecular weight excluding hydrogens is 368 g/mol. The van der Waals surface area contributed by atoms with E-state index in [9.17, 15) is 9.59 Å². The van der Waals surface area contributed by atoms with Gasteiger partial charge in [-0.25, -0.2) is 0 Å². The van der Waals surface area contributed by atoms with E-state index in [-0.39, 0.29) is 17.4 Å². The first-order valence-electron chi connectivity index (χ1n) is 6.93. The lowest BCUT2D eigenvalue weighted by atomic mass is 10.0. The standard InChI is InChI=1S/C16H14BrClN2O2/c1-2-15(21)20-4-3-9(8-20)14-6-10-5-13(18)12(17)7-11(10)16(22)19-14/h2,5-7,9H,1,3-4,8H2,(H,19,22). The van der Waals surface area contributed by atoms with Crippen molar-refractivity contribution < 1.29 is 4.79 Å². The molecule has 1 fully saturated rings. The molecule has 1 aromatic heterocycles. The SMILES string of the molecule is C=CC(=O)N1CCC(c2cc3cc(Cl)c(Br)cc3c(=O)[nH]2)C1. The molecule has 1 amide bonds. The van der Waals surface area contributed by atoms with Gasteiger partial charge in [-0.1, -0.05) is 18.2 Å². The molecule has 1 aromatic carbocycles. The van der Waals surface area contributed by atoms with Crippen LogP contribution in [0.25, 0.3) is 10.8 Å². The van der Waals surface area contributed by atoms with Crippen molar-refractivity contribution in [3.05, 3.63) is 56.4 Å². The lowest BCUT2D eigenvalue weighted by Gasteiger charge is -2.14. The number of aromatic nitrogens is 1. The summed E-state index contributed by atoms with van der Waals surface area (Å²) >= 11 is 9.44. The number of hydrogen-bond donors (Lipinski definition) is 1. The predicted molar refractivity (Wildman–Crippen MR) is 91.4 cm³/mol. The third-order valence-corrected chi connectivity index (χ3v) is 5.22. The zero-order valence-corrected chi connectivity index (χ0v) is 14.1. The number of nitrogens with zero attached hydrogens (tertiary/aromatic N) is 1. The van der Waals surface area contributed by atoms with Gasteiger partial charge in [-0.3, -0.25) is 9.59 Å². The number of benzene rings is 1. The number of carbonyl (C=O) groups excluding carboxylic acids is 1. The second-order valence-corrected chi connectivity index (χ2v) is 6.64. The van der Waals surface area contributed by atoms with Crippen molar-refractivity contribution >= 4 is 44.2 Å². The molecule has 0 radical (unpaired) electrons. The van der Waals surface area contributed by atoms with Crippen LogP contribution in [0, 0.1) is 0 Å². The molecule has 2 aromatic rings. The van der Waals surface area contributed by atoms with Crippen molar-refractivity contribution in [3.8, 4) is 0 Å². The van der Waals surface area contributed by atoms with Crippen molar-refractivity contribution in [3.63, 3.8) is 0 Å². The van der Waals surface area contributed by atoms with Crippen LogP contribution < -0.4 is 5.56 Å². The highest BCUT2D eigenvalue weighted by atomic mass is 79.9. The number of halogens is 2. The number of H-pyrrole nitrogens is 1. The Morgan fingerprint density at radius 1 is 1.45 bits per heavy atom. The first kappa shape index (κ1) is 15.3. The molecule has 1 unspecified atom stereocenters. The summed E-state index contributed by atoms with van der Waals surface area (Å²) in [5.41, 5.74) is 0.702. The Bertz CT molecular complexity index is 831. The van der Waals surface area contributed by atoms with E-state index in [2.05, 4.69) is 27.5 Å². The molecule has 114 valence electrons. The number of carbonyl (C=O) groups is 1. The summed E-state index contributed by atoms with van der Waals surface area (Å²) in [5, 5.41) is 1.97. The van der Waals surface area contributed by atoms with E-state index in [0.717, 1.165) is 17.5 Å². The highest BCUT2D eigenvalue weighted by molar-refractivity contribution is 9.10. The summed E-state index contributed by atoms with van der Waals surface area (Å²) in [6, 6.07) is 5.45. The summed E-state index contributed by atoms with van der Waals surface area (Å²) < 4.78 is 0.698. The summed E-state index contributed by atoms with van der Waals surface area (Å²) in [7, 11) is 0. The zero-order valence-electron chi connectivity index (χ0n) is 11.7. The van der Waals surface area contributed by atoms with Gasteiger partial charge in [-0.15, -0.1) is 0 Å². The number of likely N-dealkylation sites (tertiary alicyclic amines) is 1. The summed E-state index contributed by atoms with van der Waals surface area (Å²) in [4.78, 5) is 28.6. The molecule has 0 aliphatic carbocycles. The van der Waals surface area contributed by atoms with Gasteiger partial charge in [0.2, 0.25) is 5.91 Å². The zero-order chi connectivity index (χ0) is 15.9. The number of pyridine rings is 1. The first-order valence-corrected chi connectivity index (χ1v) is 8.10. The second kappa shape index (κ2) is 5.89. The van der Waals surface area contributed by atoms with Gasteiger partial charge >= 0.3 is 0 Å². The molecule has 0 spiro atoms. The Balaban J connectivity index is 1.99. The van der Waals surface area contributed by atoms with Gasteiger partial charge in [0, 0.05) is 34.6 Å². The molecule has 0 bridgehead atoms. The lowest BCUT2D eigenvalue weighted by Crippen LogP contribution is -2.26. The van der Waals surface area contributed by atoms with Crippen LogP contribution in [0.4, 0.5) is 0 Å². The third kappa shape index (κ3) is 2.71. The maximum absolute atomic E-state index is 12.3. The van der Waals surface area contributed by atoms with Crippen molar-refractivity contribution in [2.45, 2.75) is 12.3 Å². The van der Waals surface area contributed by atoms with Gasteiger partial charge in [0.1, 0.15) is 0 Å². The van der Waals surface area contributed by atoms with Gasteiger partial charge in [0.05, 0.1) is 5.02 Å². The average molecular weight is 382 g/mol. The Morgan fingerprint density at radius 2 is 2.23 bits per heavy atom. The Hall–Kier alpha value is -1.59. The summed E-state index contributed by atoms with van der Waals surface area (Å²) in [6.45, 7) is 4.78. The van der Waals surface area contributed by atoms with Crippen LogP contribution in [-0.2, 0) is 4.79 Å². The van der Waals surface area contributed by atoms with Crippen LogP contribution in [0.1, 0.15) is 18.0 Å². The van der Waals surface area contributed by atoms with E-state index >= 15 is 0 Å². The van der Waals surface area contributed by atoms with E-state index in [1.165, 1.54) is 6.08 Å². The number of nitrogens with one attached hydrogen (secondary N) is 1. The summed E-state index contributed by atoms with van der Waals surface area (Å²) in [6.07, 6.45) is 2.15. The normalized spacial score (nSPS) is 17.9. The second-order valence-electron chi connectivity index (χ2n) is 5.38. The molecule has 4 nitrogen and oxygen atoms in total. The Kier molecular flexibility index (Phi) is 4.10. The van der Waals surface area contributed by atoms with Crippen LogP contribution in [0.2, 0.25) is 5.02 Å². The number of hydrogen-bond acceptors (Lipinski definition) is 2. The first-order chi connectivity index (χ1) is 10.5. The molecule has 1 aliphatic heterocycles. The fraction of sp³-hybridized carbons (Fsp3) is 0.250. The molecule has 2 heterocycles. The van der Waals surface area contributed by atoms with E-state index in [0.29, 0.717) is 28.0 Å². The predicted octanol–water partition coefficient (Wildman–Crippen LogP) is 3.45. The van der Waals surface area contributed by atoms with Gasteiger partial charge < -0.3 is 9.88 Å². The number of aromatic amines is 1. The minimum Gasteiger partial charge on any atom is -0.338 e. The topological polar surface area (TPSA) is 53.2 Å². The van der Waals surface area contributed by atoms with Crippen LogP contribution in [0.5, 0.6) is 0 Å². The van der Waals surface area contributed by atoms with Crippen molar-refractivity contribution in [1.82, 2.24) is 9.88 Å². The molecular formula is C16H14BrClN2O2. The van der Waals surface area contributed by atoms with Gasteiger partial charge in [0.15, 0.2) is 0 Å². The molecule has 0 saturated carbocycles. The van der Waals surface area contributed by atoms with Crippen molar-refractivity contribution in [2.24, 2.45) is 0 Å². The Morgan fingerprint density at radius 3 is 2.95 bits per heavy atom. The smallest absolute Gasteiger partial charge is 0.256 e. The van der Waals surface area contributed by atoms with Crippen LogP contribution >= 0.6 is 27.5 Å². The molecule has 6 heteroatoms. The highest BCUT2D eigenvalue weighted by Gasteiger charge is 2.27. The van der Waals surface area contributed by atoms with E-state index in [1.54, 1.807) is 17.0 Å². The quantitative estimate of drug-likeness (QED) is 0.810. The van der Waals surface area contributed by atoms with Crippen molar-refractivity contribution in [2.75, 3.05) is 13.1 Å². The largest absolute Gasteiger partial charge is 0.338 e. The van der Waals surface area contributed by atoms with E-state index < -0.39 is 0 Å². The van der Waals surface area contributed by atoms with Gasteiger partial charge in [0.25, 0.3) is 5.56 Å². The highest BCUT2D eigenvalue weighted by Crippen LogP contribution is 2.30. The number of rotatable bonds is 2. The van der Waals surface area contributed by atoms with Gasteiger partial charge in [-0.05, 0) is 52.0 Å². The lowest BCUT2D eigenvalue weighted by molar-refractivity contribution is -0.125. The number of amides is 1. The third-order valence-electron chi connectivity index (χ3n) is 4.02. The molecule has 1 saturated heterocycles. The molecule has 1 atom stereocenters. The monoisotopic (exact) mass is 380 g/mol. The summed E-state index contributed by atoms with van der Waals surface area (Å²) in [5.74, 6) is 0.0565. The van der Waals surface area contributed by atoms with E-state index in [1.807, 2.05) is 6.07 Å². The molecule has 22 heavy (non-hydrogen) atoms. The Labute approximate surface area is 140 Å². The van der Waals surface area contributed by atoms with Crippen LogP contribution in [-0.4, -0.2) is 28.9 Å². The average Bonchev–Trinajstić information content (AvgIpc) is 2.98. The molecule has 1 N–H and O–H groups in total. The van der Waals surface area contributed by atoms with Crippen LogP contribution in [0.15, 0.2) is 40.1 Å². The molecule has 3 rings (SSSR count). The minimum absolute atomic E-state index is 0.0717.